The largest absolute Gasteiger partial charge is 0.378 e. The molecule has 0 aliphatic carbocycles. The second-order valence-corrected chi connectivity index (χ2v) is 7.12. The molecule has 1 fully saturated rings. The maximum Gasteiger partial charge on any atom is 0.236 e. The zero-order valence-electron chi connectivity index (χ0n) is 15.2. The van der Waals surface area contributed by atoms with E-state index in [1.54, 1.807) is 6.07 Å². The van der Waals surface area contributed by atoms with Crippen molar-refractivity contribution >= 4 is 29.4 Å². The Morgan fingerprint density at radius 2 is 1.96 bits per heavy atom. The van der Waals surface area contributed by atoms with E-state index >= 15 is 0 Å². The molecule has 3 heterocycles. The summed E-state index contributed by atoms with van der Waals surface area (Å²) in [5.74, 6) is 1.21. The maximum absolute atomic E-state index is 12.2. The van der Waals surface area contributed by atoms with Gasteiger partial charge in [-0.05, 0) is 5.56 Å². The second kappa shape index (κ2) is 8.89. The van der Waals surface area contributed by atoms with Crippen LogP contribution in [-0.4, -0.2) is 57.9 Å². The van der Waals surface area contributed by atoms with Gasteiger partial charge in [0.25, 0.3) is 0 Å². The van der Waals surface area contributed by atoms with Gasteiger partial charge in [-0.15, -0.1) is 10.2 Å². The molecule has 1 N–H and O–H groups in total. The van der Waals surface area contributed by atoms with E-state index in [1.807, 2.05) is 18.2 Å². The number of ether oxygens (including phenoxy) is 1. The van der Waals surface area contributed by atoms with Crippen LogP contribution in [-0.2, 0) is 16.1 Å². The summed E-state index contributed by atoms with van der Waals surface area (Å²) in [6.07, 6.45) is 1.41. The molecule has 0 unspecified atom stereocenters. The van der Waals surface area contributed by atoms with Crippen molar-refractivity contribution in [2.24, 2.45) is 0 Å². The van der Waals surface area contributed by atoms with Crippen LogP contribution >= 0.6 is 11.8 Å². The second-order valence-electron chi connectivity index (χ2n) is 6.18. The number of nitrogens with zero attached hydrogens (tertiary/aromatic N) is 5. The summed E-state index contributed by atoms with van der Waals surface area (Å²) in [5, 5.41) is 15.8. The summed E-state index contributed by atoms with van der Waals surface area (Å²) in [6, 6.07) is 11.7. The molecule has 146 valence electrons. The topological polar surface area (TPSA) is 98.3 Å². The normalized spacial score (nSPS) is 14.2. The van der Waals surface area contributed by atoms with Gasteiger partial charge >= 0.3 is 0 Å². The number of carbonyl (C=O) groups is 1. The third kappa shape index (κ3) is 4.52. The van der Waals surface area contributed by atoms with Crippen molar-refractivity contribution in [3.05, 3.63) is 48.2 Å². The maximum atomic E-state index is 12.2. The Labute approximate surface area is 166 Å². The number of aromatic nitrogens is 4. The van der Waals surface area contributed by atoms with E-state index in [9.17, 15) is 4.79 Å². The molecular weight excluding hydrogens is 380 g/mol. The molecular formula is C18H20N6O3S. The number of carbonyl (C=O) groups excluding carboxylic acids is 1. The number of hydrogen-bond donors (Lipinski definition) is 1. The zero-order valence-corrected chi connectivity index (χ0v) is 16.0. The highest BCUT2D eigenvalue weighted by Crippen LogP contribution is 2.24. The summed E-state index contributed by atoms with van der Waals surface area (Å²) in [7, 11) is 0. The molecule has 1 aromatic carbocycles. The number of thioether (sulfide) groups is 1. The van der Waals surface area contributed by atoms with Crippen molar-refractivity contribution in [1.82, 2.24) is 19.9 Å². The number of nitrogens with one attached hydrogen (secondary N) is 1. The molecule has 1 amide bonds. The molecule has 0 saturated carbocycles. The van der Waals surface area contributed by atoms with Crippen LogP contribution in [0.5, 0.6) is 0 Å². The van der Waals surface area contributed by atoms with Crippen LogP contribution in [0.3, 0.4) is 0 Å². The summed E-state index contributed by atoms with van der Waals surface area (Å²) >= 11 is 1.34. The van der Waals surface area contributed by atoms with Crippen LogP contribution < -0.4 is 10.2 Å². The smallest absolute Gasteiger partial charge is 0.236 e. The highest BCUT2D eigenvalue weighted by molar-refractivity contribution is 7.99. The monoisotopic (exact) mass is 400 g/mol. The number of morpholine rings is 1. The highest BCUT2D eigenvalue weighted by atomic mass is 32.2. The minimum Gasteiger partial charge on any atom is -0.378 e. The first-order valence-electron chi connectivity index (χ1n) is 8.92. The van der Waals surface area contributed by atoms with E-state index in [0.717, 1.165) is 24.6 Å². The molecule has 28 heavy (non-hydrogen) atoms. The van der Waals surface area contributed by atoms with E-state index in [2.05, 4.69) is 42.3 Å². The van der Waals surface area contributed by atoms with E-state index in [1.165, 1.54) is 18.0 Å². The molecule has 0 atom stereocenters. The van der Waals surface area contributed by atoms with Crippen molar-refractivity contribution in [3.8, 4) is 0 Å². The molecule has 3 aromatic rings. The van der Waals surface area contributed by atoms with Gasteiger partial charge in [-0.1, -0.05) is 47.3 Å². The molecule has 9 nitrogen and oxygen atoms in total. The number of benzene rings is 1. The van der Waals surface area contributed by atoms with Gasteiger partial charge in [0.05, 0.1) is 25.5 Å². The molecule has 1 aliphatic rings. The van der Waals surface area contributed by atoms with Gasteiger partial charge < -0.3 is 19.5 Å². The fourth-order valence-corrected chi connectivity index (χ4v) is 3.61. The minimum absolute atomic E-state index is 0.180. The van der Waals surface area contributed by atoms with E-state index in [0.29, 0.717) is 30.7 Å². The summed E-state index contributed by atoms with van der Waals surface area (Å²) < 4.78 is 12.2. The Bertz CT molecular complexity index is 893. The van der Waals surface area contributed by atoms with Gasteiger partial charge in [0.2, 0.25) is 11.9 Å². The van der Waals surface area contributed by atoms with Crippen LogP contribution in [0.2, 0.25) is 0 Å². The summed E-state index contributed by atoms with van der Waals surface area (Å²) in [6.45, 7) is 3.50. The predicted molar refractivity (Wildman–Crippen MR) is 104 cm³/mol. The first-order chi connectivity index (χ1) is 13.8. The molecule has 0 spiro atoms. The van der Waals surface area contributed by atoms with Crippen molar-refractivity contribution in [3.63, 3.8) is 0 Å². The van der Waals surface area contributed by atoms with E-state index in [4.69, 9.17) is 9.26 Å². The molecule has 2 aromatic heterocycles. The van der Waals surface area contributed by atoms with Gasteiger partial charge in [-0.3, -0.25) is 9.36 Å². The number of anilines is 2. The average molecular weight is 400 g/mol. The van der Waals surface area contributed by atoms with Crippen molar-refractivity contribution in [2.75, 3.05) is 42.3 Å². The van der Waals surface area contributed by atoms with Crippen LogP contribution in [0.1, 0.15) is 5.56 Å². The van der Waals surface area contributed by atoms with Gasteiger partial charge in [-0.25, -0.2) is 0 Å². The number of rotatable bonds is 7. The van der Waals surface area contributed by atoms with E-state index < -0.39 is 0 Å². The molecule has 0 radical (unpaired) electrons. The van der Waals surface area contributed by atoms with Crippen molar-refractivity contribution < 1.29 is 14.1 Å². The van der Waals surface area contributed by atoms with Gasteiger partial charge in [0.15, 0.2) is 11.0 Å². The lowest BCUT2D eigenvalue weighted by Gasteiger charge is -2.28. The zero-order chi connectivity index (χ0) is 19.2. The van der Waals surface area contributed by atoms with E-state index in [-0.39, 0.29) is 11.7 Å². The Kier molecular flexibility index (Phi) is 5.88. The predicted octanol–water partition coefficient (Wildman–Crippen LogP) is 1.88. The quantitative estimate of drug-likeness (QED) is 0.601. The third-order valence-electron chi connectivity index (χ3n) is 4.21. The standard InChI is InChI=1S/C18H20N6O3S/c25-16(19-15-6-9-27-22-15)13-28-18-21-20-17(23-7-10-26-11-8-23)24(18)12-14-4-2-1-3-5-14/h1-6,9H,7-8,10-13H2,(H,19,22,25). The SMILES string of the molecule is O=C(CSc1nnc(N2CCOCC2)n1Cc1ccccc1)Nc1ccon1. The molecule has 10 heteroatoms. The Morgan fingerprint density at radius 1 is 1.14 bits per heavy atom. The fourth-order valence-electron chi connectivity index (χ4n) is 2.88. The minimum atomic E-state index is -0.180. The van der Waals surface area contributed by atoms with Crippen LogP contribution in [0.15, 0.2) is 52.3 Å². The first kappa shape index (κ1) is 18.5. The Hall–Kier alpha value is -2.85. The first-order valence-corrected chi connectivity index (χ1v) is 9.91. The highest BCUT2D eigenvalue weighted by Gasteiger charge is 2.21. The Balaban J connectivity index is 1.50. The van der Waals surface area contributed by atoms with Gasteiger partial charge in [0.1, 0.15) is 6.26 Å². The summed E-state index contributed by atoms with van der Waals surface area (Å²) in [5.41, 5.74) is 1.14. The molecule has 0 bridgehead atoms. The summed E-state index contributed by atoms with van der Waals surface area (Å²) in [4.78, 5) is 14.3. The van der Waals surface area contributed by atoms with Gasteiger partial charge in [-0.2, -0.15) is 0 Å². The number of hydrogen-bond acceptors (Lipinski definition) is 8. The van der Waals surface area contributed by atoms with Crippen molar-refractivity contribution in [1.29, 1.82) is 0 Å². The van der Waals surface area contributed by atoms with Crippen LogP contribution in [0.4, 0.5) is 11.8 Å². The molecule has 1 aliphatic heterocycles. The van der Waals surface area contributed by atoms with Crippen molar-refractivity contribution in [2.45, 2.75) is 11.7 Å². The lowest BCUT2D eigenvalue weighted by atomic mass is 10.2. The van der Waals surface area contributed by atoms with Crippen LogP contribution in [0, 0.1) is 0 Å². The lowest BCUT2D eigenvalue weighted by Crippen LogP contribution is -2.38. The number of amides is 1. The third-order valence-corrected chi connectivity index (χ3v) is 5.18. The lowest BCUT2D eigenvalue weighted by molar-refractivity contribution is -0.113. The Morgan fingerprint density at radius 3 is 2.71 bits per heavy atom. The van der Waals surface area contributed by atoms with Crippen LogP contribution in [0.25, 0.3) is 0 Å². The fraction of sp³-hybridized carbons (Fsp3) is 0.333. The molecule has 1 saturated heterocycles. The average Bonchev–Trinajstić information content (AvgIpc) is 3.38. The van der Waals surface area contributed by atoms with Gasteiger partial charge in [0, 0.05) is 19.2 Å². The molecule has 4 rings (SSSR count).